The Morgan fingerprint density at radius 2 is 2.21 bits per heavy atom. The maximum Gasteiger partial charge on any atom is 0.0948 e. The van der Waals surface area contributed by atoms with Gasteiger partial charge in [0.05, 0.1) is 17.9 Å². The molecule has 3 heteroatoms. The van der Waals surface area contributed by atoms with Gasteiger partial charge in [-0.3, -0.25) is 0 Å². The van der Waals surface area contributed by atoms with E-state index in [1.165, 1.54) is 25.7 Å². The van der Waals surface area contributed by atoms with E-state index in [4.69, 9.17) is 11.6 Å². The zero-order valence-electron chi connectivity index (χ0n) is 8.67. The number of aromatic nitrogens is 2. The molecule has 2 rings (SSSR count). The molecule has 1 saturated carbocycles. The van der Waals surface area contributed by atoms with Crippen LogP contribution in [0.25, 0.3) is 0 Å². The fourth-order valence-corrected chi connectivity index (χ4v) is 2.62. The predicted octanol–water partition coefficient (Wildman–Crippen LogP) is 3.20. The first-order valence-electron chi connectivity index (χ1n) is 5.28. The van der Waals surface area contributed by atoms with Gasteiger partial charge in [0.25, 0.3) is 0 Å². The average Bonchev–Trinajstić information content (AvgIpc) is 2.75. The minimum Gasteiger partial charge on any atom is -0.333 e. The molecule has 0 aromatic carbocycles. The van der Waals surface area contributed by atoms with Crippen LogP contribution in [0, 0.1) is 5.41 Å². The van der Waals surface area contributed by atoms with Gasteiger partial charge in [-0.2, -0.15) is 0 Å². The first kappa shape index (κ1) is 10.0. The third kappa shape index (κ3) is 1.95. The van der Waals surface area contributed by atoms with Crippen LogP contribution in [0.5, 0.6) is 0 Å². The molecule has 1 aromatic rings. The normalized spacial score (nSPS) is 20.1. The Bertz CT molecular complexity index is 300. The summed E-state index contributed by atoms with van der Waals surface area (Å²) < 4.78 is 2.21. The third-order valence-corrected chi connectivity index (χ3v) is 3.57. The number of imidazole rings is 1. The molecule has 0 N–H and O–H groups in total. The number of hydrogen-bond donors (Lipinski definition) is 0. The molecule has 1 aliphatic carbocycles. The van der Waals surface area contributed by atoms with Crippen molar-refractivity contribution in [2.75, 3.05) is 0 Å². The standard InChI is InChI=1S/C11H17ClN2/c1-11(4-2-3-5-11)8-14-9-13-7-10(14)6-12/h7,9H,2-6,8H2,1H3. The molecule has 0 bridgehead atoms. The minimum absolute atomic E-state index is 0.474. The molecule has 0 amide bonds. The second-order valence-electron chi connectivity index (χ2n) is 4.66. The highest BCUT2D eigenvalue weighted by atomic mass is 35.5. The minimum atomic E-state index is 0.474. The SMILES string of the molecule is CC1(Cn2cncc2CCl)CCCC1. The van der Waals surface area contributed by atoms with Crippen LogP contribution in [0.4, 0.5) is 0 Å². The number of hydrogen-bond acceptors (Lipinski definition) is 1. The molecule has 0 radical (unpaired) electrons. The van der Waals surface area contributed by atoms with Crippen LogP contribution in [-0.4, -0.2) is 9.55 Å². The largest absolute Gasteiger partial charge is 0.333 e. The van der Waals surface area contributed by atoms with Gasteiger partial charge in [0, 0.05) is 12.7 Å². The molecule has 1 heterocycles. The van der Waals surface area contributed by atoms with Crippen LogP contribution in [0.2, 0.25) is 0 Å². The molecule has 0 aliphatic heterocycles. The molecule has 1 aromatic heterocycles. The highest BCUT2D eigenvalue weighted by molar-refractivity contribution is 6.16. The highest BCUT2D eigenvalue weighted by Gasteiger charge is 2.29. The second kappa shape index (κ2) is 3.93. The Morgan fingerprint density at radius 1 is 1.50 bits per heavy atom. The molecule has 0 atom stereocenters. The number of alkyl halides is 1. The lowest BCUT2D eigenvalue weighted by atomic mass is 9.89. The van der Waals surface area contributed by atoms with E-state index in [1.54, 1.807) is 0 Å². The van der Waals surface area contributed by atoms with E-state index in [0.717, 1.165) is 12.2 Å². The molecule has 1 aliphatic rings. The van der Waals surface area contributed by atoms with E-state index >= 15 is 0 Å². The van der Waals surface area contributed by atoms with E-state index in [2.05, 4.69) is 16.5 Å². The first-order valence-corrected chi connectivity index (χ1v) is 5.82. The number of halogens is 1. The van der Waals surface area contributed by atoms with Crippen molar-refractivity contribution in [1.82, 2.24) is 9.55 Å². The van der Waals surface area contributed by atoms with Crippen molar-refractivity contribution in [3.05, 3.63) is 18.2 Å². The van der Waals surface area contributed by atoms with Crippen LogP contribution >= 0.6 is 11.6 Å². The van der Waals surface area contributed by atoms with Gasteiger partial charge in [0.1, 0.15) is 0 Å². The van der Waals surface area contributed by atoms with Gasteiger partial charge in [-0.15, -0.1) is 11.6 Å². The van der Waals surface area contributed by atoms with E-state index in [0.29, 0.717) is 11.3 Å². The summed E-state index contributed by atoms with van der Waals surface area (Å²) in [5.74, 6) is 0.566. The van der Waals surface area contributed by atoms with Gasteiger partial charge in [-0.1, -0.05) is 19.8 Å². The van der Waals surface area contributed by atoms with E-state index < -0.39 is 0 Å². The van der Waals surface area contributed by atoms with Crippen LogP contribution in [0.3, 0.4) is 0 Å². The van der Waals surface area contributed by atoms with Crippen molar-refractivity contribution in [3.63, 3.8) is 0 Å². The van der Waals surface area contributed by atoms with Crippen LogP contribution in [0.15, 0.2) is 12.5 Å². The Balaban J connectivity index is 2.09. The van der Waals surface area contributed by atoms with E-state index in [9.17, 15) is 0 Å². The summed E-state index contributed by atoms with van der Waals surface area (Å²) in [6.45, 7) is 3.45. The third-order valence-electron chi connectivity index (χ3n) is 3.30. The lowest BCUT2D eigenvalue weighted by Crippen LogP contribution is -2.20. The van der Waals surface area contributed by atoms with Gasteiger partial charge >= 0.3 is 0 Å². The predicted molar refractivity (Wildman–Crippen MR) is 58.4 cm³/mol. The summed E-state index contributed by atoms with van der Waals surface area (Å²) in [6.07, 6.45) is 9.20. The number of rotatable bonds is 3. The second-order valence-corrected chi connectivity index (χ2v) is 4.93. The zero-order valence-corrected chi connectivity index (χ0v) is 9.43. The summed E-state index contributed by atoms with van der Waals surface area (Å²) in [5, 5.41) is 0. The molecular weight excluding hydrogens is 196 g/mol. The maximum absolute atomic E-state index is 5.84. The van der Waals surface area contributed by atoms with Gasteiger partial charge < -0.3 is 4.57 Å². The van der Waals surface area contributed by atoms with Crippen molar-refractivity contribution in [1.29, 1.82) is 0 Å². The van der Waals surface area contributed by atoms with Gasteiger partial charge in [-0.25, -0.2) is 4.98 Å². The van der Waals surface area contributed by atoms with Crippen molar-refractivity contribution in [2.45, 2.75) is 45.0 Å². The van der Waals surface area contributed by atoms with E-state index in [-0.39, 0.29) is 0 Å². The number of nitrogens with zero attached hydrogens (tertiary/aromatic N) is 2. The lowest BCUT2D eigenvalue weighted by molar-refractivity contribution is 0.279. The fraction of sp³-hybridized carbons (Fsp3) is 0.727. The Morgan fingerprint density at radius 3 is 2.86 bits per heavy atom. The molecule has 0 spiro atoms. The van der Waals surface area contributed by atoms with Gasteiger partial charge in [0.15, 0.2) is 0 Å². The van der Waals surface area contributed by atoms with Gasteiger partial charge in [-0.05, 0) is 18.3 Å². The van der Waals surface area contributed by atoms with E-state index in [1.807, 2.05) is 12.5 Å². The van der Waals surface area contributed by atoms with Crippen LogP contribution in [-0.2, 0) is 12.4 Å². The molecule has 1 fully saturated rings. The average molecular weight is 213 g/mol. The summed E-state index contributed by atoms with van der Waals surface area (Å²) in [5.41, 5.74) is 1.61. The van der Waals surface area contributed by atoms with Gasteiger partial charge in [0.2, 0.25) is 0 Å². The lowest BCUT2D eigenvalue weighted by Gasteiger charge is -2.24. The quantitative estimate of drug-likeness (QED) is 0.704. The van der Waals surface area contributed by atoms with Crippen molar-refractivity contribution in [3.8, 4) is 0 Å². The van der Waals surface area contributed by atoms with Crippen molar-refractivity contribution >= 4 is 11.6 Å². The summed E-state index contributed by atoms with van der Waals surface area (Å²) in [7, 11) is 0. The summed E-state index contributed by atoms with van der Waals surface area (Å²) in [6, 6.07) is 0. The summed E-state index contributed by atoms with van der Waals surface area (Å²) >= 11 is 5.84. The Hall–Kier alpha value is -0.500. The zero-order chi connectivity index (χ0) is 10.0. The fourth-order valence-electron chi connectivity index (χ4n) is 2.40. The molecule has 14 heavy (non-hydrogen) atoms. The first-order chi connectivity index (χ1) is 6.73. The Kier molecular flexibility index (Phi) is 2.82. The topological polar surface area (TPSA) is 17.8 Å². The maximum atomic E-state index is 5.84. The monoisotopic (exact) mass is 212 g/mol. The van der Waals surface area contributed by atoms with Crippen molar-refractivity contribution < 1.29 is 0 Å². The molecule has 78 valence electrons. The molecule has 2 nitrogen and oxygen atoms in total. The molecular formula is C11H17ClN2. The molecule has 0 unspecified atom stereocenters. The summed E-state index contributed by atoms with van der Waals surface area (Å²) in [4.78, 5) is 4.14. The molecule has 0 saturated heterocycles. The van der Waals surface area contributed by atoms with Crippen molar-refractivity contribution in [2.24, 2.45) is 5.41 Å². The van der Waals surface area contributed by atoms with Crippen LogP contribution in [0.1, 0.15) is 38.3 Å². The highest BCUT2D eigenvalue weighted by Crippen LogP contribution is 2.39. The smallest absolute Gasteiger partial charge is 0.0948 e. The van der Waals surface area contributed by atoms with Crippen LogP contribution < -0.4 is 0 Å². The Labute approximate surface area is 90.3 Å².